The molecule has 3 saturated heterocycles. The highest BCUT2D eigenvalue weighted by Gasteiger charge is 2.46. The number of morpholine rings is 1. The number of benzene rings is 1. The summed E-state index contributed by atoms with van der Waals surface area (Å²) >= 11 is 0. The van der Waals surface area contributed by atoms with Gasteiger partial charge < -0.3 is 9.47 Å². The zero-order valence-electron chi connectivity index (χ0n) is 14.5. The fourth-order valence-corrected chi connectivity index (χ4v) is 5.61. The first kappa shape index (κ1) is 17.4. The van der Waals surface area contributed by atoms with Crippen molar-refractivity contribution in [1.29, 1.82) is 0 Å². The molecule has 6 nitrogen and oxygen atoms in total. The average molecular weight is 366 g/mol. The van der Waals surface area contributed by atoms with Gasteiger partial charge in [-0.3, -0.25) is 4.90 Å². The Morgan fingerprint density at radius 3 is 2.36 bits per heavy atom. The molecule has 1 aromatic carbocycles. The van der Waals surface area contributed by atoms with Crippen molar-refractivity contribution in [2.24, 2.45) is 5.41 Å². The van der Waals surface area contributed by atoms with Crippen molar-refractivity contribution in [1.82, 2.24) is 9.21 Å². The molecule has 4 rings (SSSR count). The standard InChI is InChI=1S/C18H26N2O4S/c21-25(22,16-4-2-1-3-5-16)20-8-6-18(7-9-20)14-17(24-15-18)19-10-12-23-13-11-19/h1-5,17H,6-15H2/t17-/m0/s1. The minimum atomic E-state index is -3.38. The molecule has 0 aromatic heterocycles. The molecule has 0 radical (unpaired) electrons. The zero-order chi connectivity index (χ0) is 17.3. The summed E-state index contributed by atoms with van der Waals surface area (Å²) in [6.07, 6.45) is 2.92. The van der Waals surface area contributed by atoms with Gasteiger partial charge in [0, 0.05) is 31.6 Å². The molecule has 0 bridgehead atoms. The molecular formula is C18H26N2O4S. The van der Waals surface area contributed by atoms with E-state index in [1.807, 2.05) is 6.07 Å². The van der Waals surface area contributed by atoms with Gasteiger partial charge in [0.2, 0.25) is 10.0 Å². The Labute approximate surface area is 149 Å². The summed E-state index contributed by atoms with van der Waals surface area (Å²) in [6.45, 7) is 5.30. The van der Waals surface area contributed by atoms with Crippen LogP contribution < -0.4 is 0 Å². The second-order valence-electron chi connectivity index (χ2n) is 7.34. The smallest absolute Gasteiger partial charge is 0.243 e. The highest BCUT2D eigenvalue weighted by atomic mass is 32.2. The van der Waals surface area contributed by atoms with Gasteiger partial charge in [0.05, 0.1) is 24.7 Å². The van der Waals surface area contributed by atoms with E-state index in [4.69, 9.17) is 9.47 Å². The van der Waals surface area contributed by atoms with Gasteiger partial charge in [-0.2, -0.15) is 4.31 Å². The third-order valence-electron chi connectivity index (χ3n) is 5.81. The van der Waals surface area contributed by atoms with Gasteiger partial charge in [-0.05, 0) is 31.4 Å². The number of ether oxygens (including phenoxy) is 2. The minimum absolute atomic E-state index is 0.131. The molecule has 138 valence electrons. The monoisotopic (exact) mass is 366 g/mol. The Kier molecular flexibility index (Phi) is 4.85. The maximum Gasteiger partial charge on any atom is 0.243 e. The molecule has 0 unspecified atom stereocenters. The van der Waals surface area contributed by atoms with E-state index in [1.165, 1.54) is 0 Å². The molecule has 1 aromatic rings. The van der Waals surface area contributed by atoms with Crippen molar-refractivity contribution in [2.45, 2.75) is 30.4 Å². The third-order valence-corrected chi connectivity index (χ3v) is 7.72. The maximum atomic E-state index is 12.8. The summed E-state index contributed by atoms with van der Waals surface area (Å²) in [4.78, 5) is 2.76. The molecule has 0 amide bonds. The van der Waals surface area contributed by atoms with E-state index in [0.29, 0.717) is 18.0 Å². The maximum absolute atomic E-state index is 12.8. The lowest BCUT2D eigenvalue weighted by molar-refractivity contribution is -0.0696. The van der Waals surface area contributed by atoms with Crippen LogP contribution in [0.1, 0.15) is 19.3 Å². The van der Waals surface area contributed by atoms with Crippen LogP contribution in [0.3, 0.4) is 0 Å². The van der Waals surface area contributed by atoms with E-state index in [0.717, 1.165) is 52.2 Å². The Morgan fingerprint density at radius 1 is 1.00 bits per heavy atom. The number of rotatable bonds is 3. The molecule has 3 heterocycles. The lowest BCUT2D eigenvalue weighted by Crippen LogP contribution is -2.45. The topological polar surface area (TPSA) is 59.1 Å². The molecule has 0 N–H and O–H groups in total. The fourth-order valence-electron chi connectivity index (χ4n) is 4.15. The second-order valence-corrected chi connectivity index (χ2v) is 9.27. The predicted octanol–water partition coefficient (Wildman–Crippen LogP) is 1.54. The third kappa shape index (κ3) is 3.48. The van der Waals surface area contributed by atoms with Crippen LogP contribution in [0.4, 0.5) is 0 Å². The van der Waals surface area contributed by atoms with Crippen molar-refractivity contribution in [3.05, 3.63) is 30.3 Å². The Balaban J connectivity index is 1.38. The lowest BCUT2D eigenvalue weighted by atomic mass is 9.78. The number of hydrogen-bond donors (Lipinski definition) is 0. The normalized spacial score (nSPS) is 28.4. The van der Waals surface area contributed by atoms with Crippen LogP contribution in [0.5, 0.6) is 0 Å². The Morgan fingerprint density at radius 2 is 1.68 bits per heavy atom. The van der Waals surface area contributed by atoms with Gasteiger partial charge in [0.25, 0.3) is 0 Å². The van der Waals surface area contributed by atoms with Crippen molar-refractivity contribution in [2.75, 3.05) is 46.0 Å². The van der Waals surface area contributed by atoms with Crippen molar-refractivity contribution in [3.8, 4) is 0 Å². The quantitative estimate of drug-likeness (QED) is 0.812. The highest BCUT2D eigenvalue weighted by Crippen LogP contribution is 2.43. The van der Waals surface area contributed by atoms with E-state index < -0.39 is 10.0 Å². The van der Waals surface area contributed by atoms with Crippen LogP contribution in [-0.4, -0.2) is 69.9 Å². The second kappa shape index (κ2) is 6.96. The molecule has 1 spiro atoms. The summed E-state index contributed by atoms with van der Waals surface area (Å²) in [5.74, 6) is 0. The van der Waals surface area contributed by atoms with Crippen LogP contribution in [0.2, 0.25) is 0 Å². The molecular weight excluding hydrogens is 340 g/mol. The number of piperidine rings is 1. The predicted molar refractivity (Wildman–Crippen MR) is 93.6 cm³/mol. The van der Waals surface area contributed by atoms with Crippen molar-refractivity contribution >= 4 is 10.0 Å². The molecule has 0 aliphatic carbocycles. The summed E-state index contributed by atoms with van der Waals surface area (Å²) < 4.78 is 38.7. The zero-order valence-corrected chi connectivity index (χ0v) is 15.3. The Bertz CT molecular complexity index is 680. The number of sulfonamides is 1. The molecule has 0 saturated carbocycles. The van der Waals surface area contributed by atoms with Gasteiger partial charge in [-0.15, -0.1) is 0 Å². The van der Waals surface area contributed by atoms with E-state index in [9.17, 15) is 8.42 Å². The van der Waals surface area contributed by atoms with Crippen LogP contribution in [-0.2, 0) is 19.5 Å². The van der Waals surface area contributed by atoms with Crippen LogP contribution in [0.15, 0.2) is 35.2 Å². The molecule has 25 heavy (non-hydrogen) atoms. The number of nitrogens with zero attached hydrogens (tertiary/aromatic N) is 2. The summed E-state index contributed by atoms with van der Waals surface area (Å²) in [6, 6.07) is 8.73. The summed E-state index contributed by atoms with van der Waals surface area (Å²) in [5.41, 5.74) is 0.131. The largest absolute Gasteiger partial charge is 0.379 e. The molecule has 3 aliphatic heterocycles. The van der Waals surface area contributed by atoms with Gasteiger partial charge in [0.15, 0.2) is 0 Å². The van der Waals surface area contributed by atoms with Gasteiger partial charge in [-0.1, -0.05) is 18.2 Å². The van der Waals surface area contributed by atoms with E-state index in [2.05, 4.69) is 4.90 Å². The van der Waals surface area contributed by atoms with Gasteiger partial charge in [-0.25, -0.2) is 8.42 Å². The van der Waals surface area contributed by atoms with Crippen molar-refractivity contribution < 1.29 is 17.9 Å². The van der Waals surface area contributed by atoms with Crippen LogP contribution >= 0.6 is 0 Å². The van der Waals surface area contributed by atoms with Crippen LogP contribution in [0.25, 0.3) is 0 Å². The first-order valence-corrected chi connectivity index (χ1v) is 10.5. The SMILES string of the molecule is O=S(=O)(c1ccccc1)N1CCC2(CC1)CO[C@H](N1CCOCC1)C2. The fraction of sp³-hybridized carbons (Fsp3) is 0.667. The molecule has 7 heteroatoms. The molecule has 1 atom stereocenters. The first-order chi connectivity index (χ1) is 12.1. The van der Waals surface area contributed by atoms with E-state index in [-0.39, 0.29) is 11.6 Å². The number of hydrogen-bond acceptors (Lipinski definition) is 5. The molecule has 3 fully saturated rings. The van der Waals surface area contributed by atoms with Gasteiger partial charge >= 0.3 is 0 Å². The van der Waals surface area contributed by atoms with Crippen molar-refractivity contribution in [3.63, 3.8) is 0 Å². The summed E-state index contributed by atoms with van der Waals surface area (Å²) in [5, 5.41) is 0. The van der Waals surface area contributed by atoms with E-state index >= 15 is 0 Å². The summed E-state index contributed by atoms with van der Waals surface area (Å²) in [7, 11) is -3.38. The van der Waals surface area contributed by atoms with Crippen LogP contribution in [0, 0.1) is 5.41 Å². The lowest BCUT2D eigenvalue weighted by Gasteiger charge is -2.38. The Hall–Kier alpha value is -0.990. The minimum Gasteiger partial charge on any atom is -0.379 e. The highest BCUT2D eigenvalue weighted by molar-refractivity contribution is 7.89. The first-order valence-electron chi connectivity index (χ1n) is 9.08. The van der Waals surface area contributed by atoms with E-state index in [1.54, 1.807) is 28.6 Å². The average Bonchev–Trinajstić information content (AvgIpc) is 3.07. The molecule has 3 aliphatic rings. The van der Waals surface area contributed by atoms with Gasteiger partial charge in [0.1, 0.15) is 6.23 Å².